The van der Waals surface area contributed by atoms with Crippen molar-refractivity contribution in [3.05, 3.63) is 40.0 Å². The van der Waals surface area contributed by atoms with Gasteiger partial charge in [-0.3, -0.25) is 0 Å². The number of hydrogen-bond donors (Lipinski definition) is 0. The second-order valence-corrected chi connectivity index (χ2v) is 9.19. The summed E-state index contributed by atoms with van der Waals surface area (Å²) in [6.07, 6.45) is 0. The van der Waals surface area contributed by atoms with Crippen LogP contribution in [0.4, 0.5) is 0 Å². The van der Waals surface area contributed by atoms with Crippen molar-refractivity contribution < 1.29 is 0 Å². The molecule has 0 saturated carbocycles. The molecule has 0 aliphatic rings. The van der Waals surface area contributed by atoms with Crippen LogP contribution in [0.5, 0.6) is 0 Å². The molecule has 6 heteroatoms. The van der Waals surface area contributed by atoms with Gasteiger partial charge in [0.05, 0.1) is 17.4 Å². The van der Waals surface area contributed by atoms with Gasteiger partial charge in [0.1, 0.15) is 0 Å². The van der Waals surface area contributed by atoms with E-state index in [-0.39, 0.29) is 4.83 Å². The van der Waals surface area contributed by atoms with E-state index in [2.05, 4.69) is 59.2 Å². The molecule has 0 aliphatic heterocycles. The van der Waals surface area contributed by atoms with Crippen molar-refractivity contribution in [2.45, 2.75) is 11.8 Å². The molecule has 0 amide bonds. The molecule has 1 atom stereocenters. The quantitative estimate of drug-likeness (QED) is 0.429. The van der Waals surface area contributed by atoms with Gasteiger partial charge < -0.3 is 0 Å². The summed E-state index contributed by atoms with van der Waals surface area (Å²) >= 11 is 20.4. The second-order valence-electron chi connectivity index (χ2n) is 3.24. The highest BCUT2D eigenvalue weighted by Crippen LogP contribution is 2.46. The Labute approximate surface area is 132 Å². The highest BCUT2D eigenvalue weighted by Gasteiger charge is 2.21. The summed E-state index contributed by atoms with van der Waals surface area (Å²) in [4.78, 5) is 1.31. The molecule has 2 aromatic rings. The molecular formula is C10H6Br3ClS2. The van der Waals surface area contributed by atoms with Crippen LogP contribution in [0.25, 0.3) is 0 Å². The van der Waals surface area contributed by atoms with E-state index in [1.807, 2.05) is 6.92 Å². The van der Waals surface area contributed by atoms with Crippen LogP contribution in [0.15, 0.2) is 19.0 Å². The van der Waals surface area contributed by atoms with Crippen molar-refractivity contribution in [1.82, 2.24) is 0 Å². The van der Waals surface area contributed by atoms with E-state index in [0.717, 1.165) is 23.0 Å². The molecule has 86 valence electrons. The third-order valence-electron chi connectivity index (χ3n) is 2.11. The summed E-state index contributed by atoms with van der Waals surface area (Å²) in [6, 6.07) is 2.11. The fourth-order valence-corrected chi connectivity index (χ4v) is 6.99. The van der Waals surface area contributed by atoms with E-state index in [1.165, 1.54) is 5.56 Å². The SMILES string of the molecule is Cc1csc(C(Br)c2cc(Br)sc2Br)c1Cl. The topological polar surface area (TPSA) is 0 Å². The Kier molecular flexibility index (Phi) is 4.58. The molecule has 1 unspecified atom stereocenters. The van der Waals surface area contributed by atoms with Gasteiger partial charge in [-0.1, -0.05) is 27.5 Å². The number of aryl methyl sites for hydroxylation is 1. The number of alkyl halides is 1. The minimum atomic E-state index is 0.149. The van der Waals surface area contributed by atoms with Gasteiger partial charge in [0.2, 0.25) is 0 Å². The van der Waals surface area contributed by atoms with Crippen molar-refractivity contribution >= 4 is 82.1 Å². The van der Waals surface area contributed by atoms with Gasteiger partial charge in [-0.05, 0) is 61.4 Å². The zero-order chi connectivity index (χ0) is 11.9. The standard InChI is InChI=1S/C10H6Br3ClS2/c1-4-3-15-9(8(4)14)7(12)5-2-6(11)16-10(5)13/h2-3,7H,1H3. The smallest absolute Gasteiger partial charge is 0.0772 e. The lowest BCUT2D eigenvalue weighted by molar-refractivity contribution is 1.23. The van der Waals surface area contributed by atoms with E-state index >= 15 is 0 Å². The van der Waals surface area contributed by atoms with Crippen LogP contribution in [0, 0.1) is 6.92 Å². The molecular weight excluding hydrogens is 459 g/mol. The maximum atomic E-state index is 6.27. The summed E-state index contributed by atoms with van der Waals surface area (Å²) in [5.41, 5.74) is 2.34. The highest BCUT2D eigenvalue weighted by atomic mass is 79.9. The summed E-state index contributed by atoms with van der Waals surface area (Å²) in [6.45, 7) is 2.03. The Balaban J connectivity index is 2.42. The molecule has 0 fully saturated rings. The average molecular weight is 465 g/mol. The Morgan fingerprint density at radius 3 is 2.50 bits per heavy atom. The van der Waals surface area contributed by atoms with Crippen molar-refractivity contribution in [2.24, 2.45) is 0 Å². The van der Waals surface area contributed by atoms with E-state index in [4.69, 9.17) is 11.6 Å². The maximum absolute atomic E-state index is 6.27. The van der Waals surface area contributed by atoms with Crippen LogP contribution in [0.3, 0.4) is 0 Å². The van der Waals surface area contributed by atoms with Gasteiger partial charge in [0.25, 0.3) is 0 Å². The molecule has 0 aromatic carbocycles. The van der Waals surface area contributed by atoms with E-state index < -0.39 is 0 Å². The van der Waals surface area contributed by atoms with Crippen LogP contribution in [-0.2, 0) is 0 Å². The van der Waals surface area contributed by atoms with Crippen molar-refractivity contribution in [2.75, 3.05) is 0 Å². The third-order valence-corrected chi connectivity index (χ3v) is 7.53. The molecule has 2 rings (SSSR count). The highest BCUT2D eigenvalue weighted by molar-refractivity contribution is 9.12. The predicted octanol–water partition coefficient (Wildman–Crippen LogP) is 6.78. The fraction of sp³-hybridized carbons (Fsp3) is 0.200. The maximum Gasteiger partial charge on any atom is 0.0772 e. The third kappa shape index (κ3) is 2.59. The summed E-state index contributed by atoms with van der Waals surface area (Å²) in [5, 5.41) is 2.95. The number of rotatable bonds is 2. The first-order chi connectivity index (χ1) is 7.50. The Morgan fingerprint density at radius 1 is 1.38 bits per heavy atom. The summed E-state index contributed by atoms with van der Waals surface area (Å²) < 4.78 is 2.24. The van der Waals surface area contributed by atoms with Crippen LogP contribution in [0.2, 0.25) is 5.02 Å². The lowest BCUT2D eigenvalue weighted by Crippen LogP contribution is -1.88. The fourth-order valence-electron chi connectivity index (χ4n) is 1.29. The molecule has 0 spiro atoms. The lowest BCUT2D eigenvalue weighted by atomic mass is 10.2. The average Bonchev–Trinajstić information content (AvgIpc) is 2.71. The normalized spacial score (nSPS) is 13.1. The van der Waals surface area contributed by atoms with Gasteiger partial charge >= 0.3 is 0 Å². The largest absolute Gasteiger partial charge is 0.145 e. The van der Waals surface area contributed by atoms with E-state index in [1.54, 1.807) is 22.7 Å². The predicted molar refractivity (Wildman–Crippen MR) is 84.6 cm³/mol. The zero-order valence-corrected chi connectivity index (χ0v) is 15.2. The second kappa shape index (κ2) is 5.41. The first-order valence-electron chi connectivity index (χ1n) is 4.33. The molecule has 0 radical (unpaired) electrons. The minimum absolute atomic E-state index is 0.149. The van der Waals surface area contributed by atoms with Crippen LogP contribution in [-0.4, -0.2) is 0 Å². The minimum Gasteiger partial charge on any atom is -0.145 e. The molecule has 0 N–H and O–H groups in total. The number of halogens is 4. The molecule has 0 nitrogen and oxygen atoms in total. The molecule has 0 aliphatic carbocycles. The van der Waals surface area contributed by atoms with Crippen LogP contribution >= 0.6 is 82.1 Å². The Hall–Kier alpha value is 1.13. The van der Waals surface area contributed by atoms with Crippen LogP contribution in [0.1, 0.15) is 20.8 Å². The van der Waals surface area contributed by atoms with Crippen LogP contribution < -0.4 is 0 Å². The van der Waals surface area contributed by atoms with Crippen molar-refractivity contribution in [3.63, 3.8) is 0 Å². The lowest BCUT2D eigenvalue weighted by Gasteiger charge is -2.07. The Morgan fingerprint density at radius 2 is 2.06 bits per heavy atom. The first kappa shape index (κ1) is 13.6. The first-order valence-corrected chi connectivity index (χ1v) is 8.90. The molecule has 16 heavy (non-hydrogen) atoms. The number of thiophene rings is 2. The molecule has 0 bridgehead atoms. The van der Waals surface area contributed by atoms with Gasteiger partial charge in [-0.2, -0.15) is 0 Å². The van der Waals surface area contributed by atoms with E-state index in [0.29, 0.717) is 0 Å². The summed E-state index contributed by atoms with van der Waals surface area (Å²) in [7, 11) is 0. The van der Waals surface area contributed by atoms with Gasteiger partial charge in [-0.25, -0.2) is 0 Å². The van der Waals surface area contributed by atoms with Gasteiger partial charge in [0, 0.05) is 4.88 Å². The van der Waals surface area contributed by atoms with Gasteiger partial charge in [0.15, 0.2) is 0 Å². The van der Waals surface area contributed by atoms with E-state index in [9.17, 15) is 0 Å². The molecule has 2 heterocycles. The number of hydrogen-bond acceptors (Lipinski definition) is 2. The summed E-state index contributed by atoms with van der Waals surface area (Å²) in [5.74, 6) is 0. The van der Waals surface area contributed by atoms with Crippen molar-refractivity contribution in [3.8, 4) is 0 Å². The Bertz CT molecular complexity index is 516. The molecule has 0 saturated heterocycles. The monoisotopic (exact) mass is 462 g/mol. The van der Waals surface area contributed by atoms with Crippen molar-refractivity contribution in [1.29, 1.82) is 0 Å². The zero-order valence-electron chi connectivity index (χ0n) is 8.06. The molecule has 2 aromatic heterocycles. The van der Waals surface area contributed by atoms with Gasteiger partial charge in [-0.15, -0.1) is 22.7 Å².